The molecule has 2 heterocycles. The van der Waals surface area contributed by atoms with Crippen LogP contribution in [0.5, 0.6) is 0 Å². The number of aryl methyl sites for hydroxylation is 1. The van der Waals surface area contributed by atoms with Gasteiger partial charge in [-0.15, -0.1) is 11.3 Å². The van der Waals surface area contributed by atoms with Gasteiger partial charge in [-0.2, -0.15) is 0 Å². The highest BCUT2D eigenvalue weighted by molar-refractivity contribution is 7.90. The molecule has 0 aliphatic rings. The molecular formula is C13H18N2O2S2. The summed E-state index contributed by atoms with van der Waals surface area (Å²) in [6.45, 7) is 4.03. The molecule has 2 rings (SSSR count). The van der Waals surface area contributed by atoms with Gasteiger partial charge in [-0.05, 0) is 31.7 Å². The first-order valence-electron chi connectivity index (χ1n) is 6.22. The summed E-state index contributed by atoms with van der Waals surface area (Å²) >= 11 is 1.59. The Hall–Kier alpha value is -1.14. The topological polar surface area (TPSA) is 52.0 Å². The van der Waals surface area contributed by atoms with Crippen LogP contribution in [0.4, 0.5) is 0 Å². The van der Waals surface area contributed by atoms with Crippen LogP contribution in [-0.2, 0) is 22.0 Å². The van der Waals surface area contributed by atoms with Crippen molar-refractivity contribution in [3.05, 3.63) is 40.6 Å². The molecule has 0 unspecified atom stereocenters. The van der Waals surface area contributed by atoms with Crippen molar-refractivity contribution in [1.29, 1.82) is 0 Å². The highest BCUT2D eigenvalue weighted by atomic mass is 32.2. The summed E-state index contributed by atoms with van der Waals surface area (Å²) in [5, 5.41) is 1.97. The molecule has 0 saturated carbocycles. The predicted octanol–water partition coefficient (Wildman–Crippen LogP) is 2.68. The van der Waals surface area contributed by atoms with Crippen molar-refractivity contribution in [3.8, 4) is 0 Å². The zero-order valence-electron chi connectivity index (χ0n) is 11.1. The van der Waals surface area contributed by atoms with Crippen molar-refractivity contribution in [1.82, 2.24) is 9.55 Å². The van der Waals surface area contributed by atoms with E-state index in [-0.39, 0.29) is 17.5 Å². The minimum absolute atomic E-state index is 0.0174. The van der Waals surface area contributed by atoms with Crippen LogP contribution in [0.3, 0.4) is 0 Å². The maximum Gasteiger partial charge on any atom is 0.157 e. The van der Waals surface area contributed by atoms with E-state index in [1.54, 1.807) is 17.5 Å². The average Bonchev–Trinajstić information content (AvgIpc) is 2.95. The van der Waals surface area contributed by atoms with Crippen molar-refractivity contribution in [2.45, 2.75) is 32.1 Å². The Morgan fingerprint density at radius 2 is 2.21 bits per heavy atom. The van der Waals surface area contributed by atoms with E-state index in [0.29, 0.717) is 12.2 Å². The van der Waals surface area contributed by atoms with Crippen LogP contribution in [0.25, 0.3) is 0 Å². The molecule has 2 aromatic heterocycles. The lowest BCUT2D eigenvalue weighted by Gasteiger charge is -2.11. The first-order valence-corrected chi connectivity index (χ1v) is 8.92. The fourth-order valence-corrected chi connectivity index (χ4v) is 4.04. The van der Waals surface area contributed by atoms with Crippen LogP contribution < -0.4 is 0 Å². The van der Waals surface area contributed by atoms with Gasteiger partial charge in [-0.3, -0.25) is 0 Å². The molecule has 2 aromatic rings. The highest BCUT2D eigenvalue weighted by Gasteiger charge is 2.17. The Morgan fingerprint density at radius 3 is 2.84 bits per heavy atom. The van der Waals surface area contributed by atoms with Gasteiger partial charge in [0.15, 0.2) is 9.84 Å². The smallest absolute Gasteiger partial charge is 0.157 e. The number of hydrogen-bond donors (Lipinski definition) is 0. The Labute approximate surface area is 118 Å². The van der Waals surface area contributed by atoms with Gasteiger partial charge >= 0.3 is 0 Å². The molecule has 104 valence electrons. The van der Waals surface area contributed by atoms with Gasteiger partial charge in [-0.1, -0.05) is 6.07 Å². The summed E-state index contributed by atoms with van der Waals surface area (Å²) in [5.41, 5.74) is 0. The van der Waals surface area contributed by atoms with Crippen LogP contribution in [-0.4, -0.2) is 23.7 Å². The van der Waals surface area contributed by atoms with Crippen molar-refractivity contribution < 1.29 is 8.42 Å². The summed E-state index contributed by atoms with van der Waals surface area (Å²) in [7, 11) is -3.11. The van der Waals surface area contributed by atoms with Crippen LogP contribution in [0.1, 0.15) is 30.6 Å². The van der Waals surface area contributed by atoms with Gasteiger partial charge in [0.05, 0.1) is 5.75 Å². The van der Waals surface area contributed by atoms with E-state index >= 15 is 0 Å². The fourth-order valence-electron chi connectivity index (χ4n) is 1.91. The molecule has 4 nitrogen and oxygen atoms in total. The summed E-state index contributed by atoms with van der Waals surface area (Å²) in [5.74, 6) is 0.823. The largest absolute Gasteiger partial charge is 0.332 e. The van der Waals surface area contributed by atoms with E-state index in [9.17, 15) is 8.42 Å². The first kappa shape index (κ1) is 14.3. The number of sulfone groups is 1. The fraction of sp³-hybridized carbons (Fsp3) is 0.462. The molecule has 0 fully saturated rings. The predicted molar refractivity (Wildman–Crippen MR) is 78.1 cm³/mol. The molecule has 0 saturated heterocycles. The zero-order chi connectivity index (χ0) is 13.9. The van der Waals surface area contributed by atoms with Crippen molar-refractivity contribution in [2.75, 3.05) is 5.75 Å². The van der Waals surface area contributed by atoms with E-state index in [2.05, 4.69) is 4.98 Å². The number of hydrogen-bond acceptors (Lipinski definition) is 4. The minimum Gasteiger partial charge on any atom is -0.332 e. The maximum absolute atomic E-state index is 12.1. The van der Waals surface area contributed by atoms with Gasteiger partial charge < -0.3 is 4.57 Å². The minimum atomic E-state index is -3.11. The third kappa shape index (κ3) is 3.91. The van der Waals surface area contributed by atoms with Crippen LogP contribution >= 0.6 is 11.3 Å². The van der Waals surface area contributed by atoms with Gasteiger partial charge in [0.25, 0.3) is 0 Å². The number of nitrogens with zero attached hydrogens (tertiary/aromatic N) is 2. The van der Waals surface area contributed by atoms with E-state index < -0.39 is 9.84 Å². The molecule has 0 N–H and O–H groups in total. The molecule has 0 atom stereocenters. The first-order chi connectivity index (χ1) is 8.98. The van der Waals surface area contributed by atoms with Crippen molar-refractivity contribution >= 4 is 21.2 Å². The zero-order valence-corrected chi connectivity index (χ0v) is 12.7. The standard InChI is InChI=1S/C13H18N2O2S2/c1-11(2)15-7-6-14-13(15)10-19(16,17)9-5-12-4-3-8-18-12/h3-4,6-8,11H,5,9-10H2,1-2H3. The molecule has 6 heteroatoms. The molecule has 19 heavy (non-hydrogen) atoms. The van der Waals surface area contributed by atoms with Crippen molar-refractivity contribution in [2.24, 2.45) is 0 Å². The van der Waals surface area contributed by atoms with Crippen LogP contribution in [0, 0.1) is 0 Å². The molecule has 0 spiro atoms. The quantitative estimate of drug-likeness (QED) is 0.824. The highest BCUT2D eigenvalue weighted by Crippen LogP contribution is 2.14. The molecule has 0 radical (unpaired) electrons. The van der Waals surface area contributed by atoms with Gasteiger partial charge in [-0.25, -0.2) is 13.4 Å². The van der Waals surface area contributed by atoms with Gasteiger partial charge in [0, 0.05) is 23.3 Å². The Balaban J connectivity index is 2.02. The van der Waals surface area contributed by atoms with Crippen molar-refractivity contribution in [3.63, 3.8) is 0 Å². The van der Waals surface area contributed by atoms with Gasteiger partial charge in [0.2, 0.25) is 0 Å². The molecular weight excluding hydrogens is 280 g/mol. The Morgan fingerprint density at radius 1 is 1.42 bits per heavy atom. The SMILES string of the molecule is CC(C)n1ccnc1CS(=O)(=O)CCc1cccs1. The Bertz CT molecular complexity index is 613. The second-order valence-electron chi connectivity index (χ2n) is 4.77. The molecule has 0 bridgehead atoms. The normalized spacial score (nSPS) is 12.2. The third-order valence-corrected chi connectivity index (χ3v) is 5.35. The van der Waals surface area contributed by atoms with Crippen LogP contribution in [0.2, 0.25) is 0 Å². The number of aromatic nitrogens is 2. The van der Waals surface area contributed by atoms with E-state index in [1.807, 2.05) is 42.1 Å². The third-order valence-electron chi connectivity index (χ3n) is 2.89. The lowest BCUT2D eigenvalue weighted by Crippen LogP contribution is -2.15. The lowest BCUT2D eigenvalue weighted by atomic mass is 10.4. The summed E-state index contributed by atoms with van der Waals surface area (Å²) in [6, 6.07) is 4.14. The maximum atomic E-state index is 12.1. The second kappa shape index (κ2) is 5.88. The van der Waals surface area contributed by atoms with Gasteiger partial charge in [0.1, 0.15) is 11.6 Å². The van der Waals surface area contributed by atoms with E-state index in [4.69, 9.17) is 0 Å². The summed E-state index contributed by atoms with van der Waals surface area (Å²) < 4.78 is 26.1. The molecule has 0 aliphatic heterocycles. The summed E-state index contributed by atoms with van der Waals surface area (Å²) in [6.07, 6.45) is 4.07. The molecule has 0 aromatic carbocycles. The Kier molecular flexibility index (Phi) is 4.42. The second-order valence-corrected chi connectivity index (χ2v) is 7.98. The van der Waals surface area contributed by atoms with Crippen LogP contribution in [0.15, 0.2) is 29.9 Å². The number of thiophene rings is 1. The van der Waals surface area contributed by atoms with E-state index in [1.165, 1.54) is 0 Å². The number of imidazole rings is 1. The molecule has 0 aliphatic carbocycles. The molecule has 0 amide bonds. The van der Waals surface area contributed by atoms with E-state index in [0.717, 1.165) is 4.88 Å². The number of rotatable bonds is 6. The summed E-state index contributed by atoms with van der Waals surface area (Å²) in [4.78, 5) is 5.26. The lowest BCUT2D eigenvalue weighted by molar-refractivity contribution is 0.566. The average molecular weight is 298 g/mol. The monoisotopic (exact) mass is 298 g/mol.